The van der Waals surface area contributed by atoms with Gasteiger partial charge in [-0.1, -0.05) is 6.08 Å². The summed E-state index contributed by atoms with van der Waals surface area (Å²) in [5.74, 6) is -2.47. The molecule has 1 aromatic heterocycles. The Labute approximate surface area is 148 Å². The predicted octanol–water partition coefficient (Wildman–Crippen LogP) is 3.52. The Bertz CT molecular complexity index is 796. The van der Waals surface area contributed by atoms with Crippen molar-refractivity contribution in [3.63, 3.8) is 0 Å². The van der Waals surface area contributed by atoms with Gasteiger partial charge in [0.15, 0.2) is 5.82 Å². The summed E-state index contributed by atoms with van der Waals surface area (Å²) in [6, 6.07) is 1.57. The lowest BCUT2D eigenvalue weighted by Gasteiger charge is -2.26. The maximum Gasteiger partial charge on any atom is 0.414 e. The number of carbonyl (C=O) groups excluding carboxylic acids is 1. The summed E-state index contributed by atoms with van der Waals surface area (Å²) in [4.78, 5) is 13.9. The van der Waals surface area contributed by atoms with Crippen LogP contribution in [-0.2, 0) is 10.3 Å². The molecule has 0 aromatic carbocycles. The highest BCUT2D eigenvalue weighted by atomic mass is 19.4. The summed E-state index contributed by atoms with van der Waals surface area (Å²) in [5, 5.41) is 12.7. The molecular formula is C17H18F4N4O. The Morgan fingerprint density at radius 1 is 1.50 bits per heavy atom. The minimum atomic E-state index is -4.70. The Morgan fingerprint density at radius 3 is 2.50 bits per heavy atom. The van der Waals surface area contributed by atoms with Gasteiger partial charge in [-0.25, -0.2) is 4.39 Å². The van der Waals surface area contributed by atoms with Gasteiger partial charge >= 0.3 is 6.18 Å². The fourth-order valence-electron chi connectivity index (χ4n) is 2.68. The van der Waals surface area contributed by atoms with E-state index in [1.807, 2.05) is 0 Å². The van der Waals surface area contributed by atoms with E-state index in [4.69, 9.17) is 5.26 Å². The summed E-state index contributed by atoms with van der Waals surface area (Å²) >= 11 is 0. The monoisotopic (exact) mass is 370 g/mol. The summed E-state index contributed by atoms with van der Waals surface area (Å²) in [6.45, 7) is 2.64. The average Bonchev–Trinajstić information content (AvgIpc) is 3.28. The third kappa shape index (κ3) is 3.64. The number of carbonyl (C=O) groups is 1. The van der Waals surface area contributed by atoms with E-state index in [-0.39, 0.29) is 5.70 Å². The number of nitriles is 1. The fraction of sp³-hybridized carbons (Fsp3) is 0.471. The van der Waals surface area contributed by atoms with Crippen LogP contribution < -0.4 is 0 Å². The van der Waals surface area contributed by atoms with Gasteiger partial charge in [0.1, 0.15) is 5.54 Å². The van der Waals surface area contributed by atoms with Crippen molar-refractivity contribution < 1.29 is 22.4 Å². The summed E-state index contributed by atoms with van der Waals surface area (Å²) in [5.41, 5.74) is -2.12. The van der Waals surface area contributed by atoms with E-state index >= 15 is 0 Å². The molecule has 0 saturated heterocycles. The molecule has 9 heteroatoms. The Hall–Kier alpha value is -2.63. The number of amides is 1. The van der Waals surface area contributed by atoms with Gasteiger partial charge in [0.25, 0.3) is 5.91 Å². The number of aromatic nitrogens is 2. The topological polar surface area (TPSA) is 61.9 Å². The van der Waals surface area contributed by atoms with Gasteiger partial charge in [0.05, 0.1) is 30.0 Å². The fourth-order valence-corrected chi connectivity index (χ4v) is 2.68. The molecule has 1 aliphatic carbocycles. The first-order valence-corrected chi connectivity index (χ1v) is 7.90. The first kappa shape index (κ1) is 19.7. The van der Waals surface area contributed by atoms with Crippen molar-refractivity contribution >= 4 is 5.91 Å². The zero-order chi connectivity index (χ0) is 19.7. The molecule has 5 nitrogen and oxygen atoms in total. The van der Waals surface area contributed by atoms with Crippen LogP contribution in [0.15, 0.2) is 35.8 Å². The zero-order valence-corrected chi connectivity index (χ0v) is 14.5. The highest BCUT2D eigenvalue weighted by molar-refractivity contribution is 5.88. The second kappa shape index (κ2) is 6.94. The highest BCUT2D eigenvalue weighted by Gasteiger charge is 2.54. The van der Waals surface area contributed by atoms with E-state index in [0.29, 0.717) is 12.8 Å². The van der Waals surface area contributed by atoms with Crippen LogP contribution in [0, 0.1) is 23.1 Å². The van der Waals surface area contributed by atoms with Crippen LogP contribution in [0.1, 0.15) is 26.7 Å². The molecule has 140 valence electrons. The second-order valence-corrected chi connectivity index (χ2v) is 6.16. The molecule has 1 unspecified atom stereocenters. The van der Waals surface area contributed by atoms with Crippen molar-refractivity contribution in [1.29, 1.82) is 5.26 Å². The molecule has 0 radical (unpaired) electrons. The minimum absolute atomic E-state index is 0.00308. The first-order valence-electron chi connectivity index (χ1n) is 7.90. The molecule has 26 heavy (non-hydrogen) atoms. The highest BCUT2D eigenvalue weighted by Crippen LogP contribution is 2.45. The lowest BCUT2D eigenvalue weighted by atomic mass is 10.0. The molecule has 0 N–H and O–H groups in total. The quantitative estimate of drug-likeness (QED) is 0.589. The molecular weight excluding hydrogens is 352 g/mol. The molecule has 0 spiro atoms. The molecule has 0 bridgehead atoms. The van der Waals surface area contributed by atoms with Crippen LogP contribution >= 0.6 is 0 Å². The van der Waals surface area contributed by atoms with Gasteiger partial charge in [-0.3, -0.25) is 9.48 Å². The molecule has 2 rings (SSSR count). The first-order chi connectivity index (χ1) is 12.1. The van der Waals surface area contributed by atoms with E-state index < -0.39 is 34.9 Å². The number of hydrogen-bond donors (Lipinski definition) is 0. The predicted molar refractivity (Wildman–Crippen MR) is 84.8 cm³/mol. The van der Waals surface area contributed by atoms with Crippen LogP contribution in [0.2, 0.25) is 0 Å². The van der Waals surface area contributed by atoms with E-state index in [2.05, 4.69) is 5.10 Å². The van der Waals surface area contributed by atoms with E-state index in [9.17, 15) is 22.4 Å². The smallest absolute Gasteiger partial charge is 0.314 e. The Balaban J connectivity index is 2.34. The largest absolute Gasteiger partial charge is 0.414 e. The zero-order valence-electron chi connectivity index (χ0n) is 14.5. The molecule has 1 atom stereocenters. The van der Waals surface area contributed by atoms with Crippen molar-refractivity contribution in [1.82, 2.24) is 14.7 Å². The van der Waals surface area contributed by atoms with Crippen LogP contribution in [-0.4, -0.2) is 33.8 Å². The van der Waals surface area contributed by atoms with Gasteiger partial charge in [-0.15, -0.1) is 0 Å². The van der Waals surface area contributed by atoms with Crippen LogP contribution in [0.25, 0.3) is 0 Å². The summed E-state index contributed by atoms with van der Waals surface area (Å²) in [7, 11) is 1.35. The number of likely N-dealkylation sites (N-methyl/N-ethyl adjacent to an activating group) is 1. The molecule has 1 saturated carbocycles. The van der Waals surface area contributed by atoms with Crippen molar-refractivity contribution in [2.24, 2.45) is 5.92 Å². The van der Waals surface area contributed by atoms with Crippen molar-refractivity contribution in [3.8, 4) is 6.07 Å². The van der Waals surface area contributed by atoms with Crippen LogP contribution in [0.4, 0.5) is 17.6 Å². The lowest BCUT2D eigenvalue weighted by Crippen LogP contribution is -2.39. The van der Waals surface area contributed by atoms with Crippen LogP contribution in [0.3, 0.4) is 0 Å². The van der Waals surface area contributed by atoms with Crippen molar-refractivity contribution in [3.05, 3.63) is 41.6 Å². The van der Waals surface area contributed by atoms with E-state index in [0.717, 1.165) is 30.3 Å². The molecule has 1 heterocycles. The normalized spacial score (nSPS) is 18.2. The van der Waals surface area contributed by atoms with Crippen molar-refractivity contribution in [2.45, 2.75) is 38.4 Å². The molecule has 1 fully saturated rings. The number of allylic oxidation sites excluding steroid dienone is 3. The Kier molecular flexibility index (Phi) is 5.26. The van der Waals surface area contributed by atoms with Crippen LogP contribution in [0.5, 0.6) is 0 Å². The molecule has 0 aliphatic heterocycles. The second-order valence-electron chi connectivity index (χ2n) is 6.16. The van der Waals surface area contributed by atoms with Gasteiger partial charge in [-0.05, 0) is 32.8 Å². The molecule has 1 amide bonds. The summed E-state index contributed by atoms with van der Waals surface area (Å²) in [6.07, 6.45) is 0.342. The summed E-state index contributed by atoms with van der Waals surface area (Å²) < 4.78 is 54.1. The van der Waals surface area contributed by atoms with Gasteiger partial charge < -0.3 is 4.90 Å². The average molecular weight is 370 g/mol. The number of hydrogen-bond acceptors (Lipinski definition) is 3. The Morgan fingerprint density at radius 2 is 2.12 bits per heavy atom. The van der Waals surface area contributed by atoms with Crippen molar-refractivity contribution in [2.75, 3.05) is 7.05 Å². The standard InChI is InChI=1S/C17H18F4N4O/c1-4-13(7-14(11(2)8-22)17(19,20)21)24(3)15(26)16(5-6-16)25-10-12(18)9-23-25/h4,7,9-11H,5-6H2,1-3H3/b13-4+,14-7+. The SMILES string of the molecule is C/C=C(\C=C(/C(C)C#N)C(F)(F)F)N(C)C(=O)C1(n2cc(F)cn2)CC1. The lowest BCUT2D eigenvalue weighted by molar-refractivity contribution is -0.133. The van der Waals surface area contributed by atoms with E-state index in [1.165, 1.54) is 24.7 Å². The third-order valence-electron chi connectivity index (χ3n) is 4.39. The van der Waals surface area contributed by atoms with E-state index in [1.54, 1.807) is 6.07 Å². The minimum Gasteiger partial charge on any atom is -0.314 e. The number of alkyl halides is 3. The maximum atomic E-state index is 13.2. The maximum absolute atomic E-state index is 13.2. The third-order valence-corrected chi connectivity index (χ3v) is 4.39. The molecule has 1 aliphatic rings. The molecule has 1 aromatic rings. The number of halogens is 4. The van der Waals surface area contributed by atoms with Gasteiger partial charge in [-0.2, -0.15) is 23.5 Å². The van der Waals surface area contributed by atoms with Gasteiger partial charge in [0, 0.05) is 12.7 Å². The number of nitrogens with zero attached hydrogens (tertiary/aromatic N) is 4. The van der Waals surface area contributed by atoms with Gasteiger partial charge in [0.2, 0.25) is 0 Å². The number of rotatable bonds is 5.